The van der Waals surface area contributed by atoms with Crippen molar-refractivity contribution in [3.8, 4) is 0 Å². The van der Waals surface area contributed by atoms with E-state index in [2.05, 4.69) is 15.0 Å². The van der Waals surface area contributed by atoms with E-state index < -0.39 is 5.97 Å². The zero-order valence-corrected chi connectivity index (χ0v) is 13.2. The fourth-order valence-electron chi connectivity index (χ4n) is 2.22. The summed E-state index contributed by atoms with van der Waals surface area (Å²) in [5.41, 5.74) is 0.580. The van der Waals surface area contributed by atoms with Gasteiger partial charge >= 0.3 is 5.97 Å². The van der Waals surface area contributed by atoms with Gasteiger partial charge in [-0.3, -0.25) is 4.79 Å². The average molecular weight is 322 g/mol. The first-order valence-electron chi connectivity index (χ1n) is 7.72. The summed E-state index contributed by atoms with van der Waals surface area (Å²) < 4.78 is 15.6. The first kappa shape index (κ1) is 17.4. The van der Waals surface area contributed by atoms with Crippen LogP contribution in [-0.4, -0.2) is 56.4 Å². The second-order valence-electron chi connectivity index (χ2n) is 5.22. The van der Waals surface area contributed by atoms with E-state index in [0.29, 0.717) is 18.7 Å². The summed E-state index contributed by atoms with van der Waals surface area (Å²) in [4.78, 5) is 27.1. The lowest BCUT2D eigenvalue weighted by atomic mass is 10.1. The predicted octanol–water partition coefficient (Wildman–Crippen LogP) is 1.18. The van der Waals surface area contributed by atoms with E-state index in [1.54, 1.807) is 6.07 Å². The van der Waals surface area contributed by atoms with Crippen LogP contribution >= 0.6 is 0 Å². The lowest BCUT2D eigenvalue weighted by Gasteiger charge is -2.22. The number of nitrogens with zero attached hydrogens (tertiary/aromatic N) is 1. The van der Waals surface area contributed by atoms with Gasteiger partial charge in [-0.25, -0.2) is 9.78 Å². The van der Waals surface area contributed by atoms with Crippen molar-refractivity contribution in [3.05, 3.63) is 29.6 Å². The molecule has 2 rings (SSSR count). The van der Waals surface area contributed by atoms with Crippen molar-refractivity contribution < 1.29 is 23.8 Å². The second kappa shape index (κ2) is 9.22. The number of pyridine rings is 1. The van der Waals surface area contributed by atoms with E-state index in [9.17, 15) is 9.59 Å². The summed E-state index contributed by atoms with van der Waals surface area (Å²) in [7, 11) is 1.28. The Bertz CT molecular complexity index is 512. The van der Waals surface area contributed by atoms with Gasteiger partial charge in [-0.1, -0.05) is 0 Å². The van der Waals surface area contributed by atoms with Crippen LogP contribution in [0, 0.1) is 0 Å². The van der Waals surface area contributed by atoms with E-state index in [-0.39, 0.29) is 17.7 Å². The van der Waals surface area contributed by atoms with Gasteiger partial charge in [-0.2, -0.15) is 0 Å². The van der Waals surface area contributed by atoms with E-state index in [4.69, 9.17) is 9.47 Å². The maximum atomic E-state index is 11.9. The first-order valence-corrected chi connectivity index (χ1v) is 7.72. The molecule has 0 saturated carbocycles. The normalized spacial score (nSPS) is 15.2. The minimum atomic E-state index is -0.526. The molecule has 0 aliphatic carbocycles. The lowest BCUT2D eigenvalue weighted by molar-refractivity contribution is -0.0321. The van der Waals surface area contributed by atoms with Crippen LogP contribution in [0.3, 0.4) is 0 Å². The van der Waals surface area contributed by atoms with Crippen molar-refractivity contribution in [2.45, 2.75) is 25.4 Å². The topological polar surface area (TPSA) is 86.8 Å². The van der Waals surface area contributed by atoms with Crippen molar-refractivity contribution in [2.75, 3.05) is 33.5 Å². The molecular formula is C16H22N2O5. The summed E-state index contributed by atoms with van der Waals surface area (Å²) in [6.45, 7) is 2.66. The molecule has 0 radical (unpaired) electrons. The Balaban J connectivity index is 1.65. The van der Waals surface area contributed by atoms with Gasteiger partial charge in [-0.05, 0) is 31.4 Å². The summed E-state index contributed by atoms with van der Waals surface area (Å²) in [6.07, 6.45) is 4.25. The SMILES string of the molecule is COC(=O)c1ccc(C(=O)NCCCOC2CCOCC2)cn1. The molecule has 23 heavy (non-hydrogen) atoms. The number of methoxy groups -OCH3 is 1. The van der Waals surface area contributed by atoms with Gasteiger partial charge < -0.3 is 19.5 Å². The minimum absolute atomic E-state index is 0.175. The van der Waals surface area contributed by atoms with Crippen molar-refractivity contribution in [1.82, 2.24) is 10.3 Å². The zero-order chi connectivity index (χ0) is 16.5. The Morgan fingerprint density at radius 1 is 1.35 bits per heavy atom. The van der Waals surface area contributed by atoms with E-state index in [0.717, 1.165) is 32.5 Å². The third kappa shape index (κ3) is 5.61. The molecule has 1 amide bonds. The third-order valence-electron chi connectivity index (χ3n) is 3.55. The maximum absolute atomic E-state index is 11.9. The van der Waals surface area contributed by atoms with Crippen LogP contribution in [0.15, 0.2) is 18.3 Å². The van der Waals surface area contributed by atoms with Crippen LogP contribution in [0.25, 0.3) is 0 Å². The molecule has 0 aromatic carbocycles. The molecule has 1 N–H and O–H groups in total. The molecule has 1 aromatic rings. The Labute approximate surface area is 135 Å². The number of ether oxygens (including phenoxy) is 3. The zero-order valence-electron chi connectivity index (χ0n) is 13.2. The summed E-state index contributed by atoms with van der Waals surface area (Å²) >= 11 is 0. The molecule has 1 aliphatic heterocycles. The Kier molecular flexibility index (Phi) is 6.96. The number of hydrogen-bond acceptors (Lipinski definition) is 6. The Hall–Kier alpha value is -1.99. The maximum Gasteiger partial charge on any atom is 0.356 e. The fourth-order valence-corrected chi connectivity index (χ4v) is 2.22. The van der Waals surface area contributed by atoms with Crippen LogP contribution in [0.4, 0.5) is 0 Å². The van der Waals surface area contributed by atoms with Gasteiger partial charge in [-0.15, -0.1) is 0 Å². The van der Waals surface area contributed by atoms with Crippen LogP contribution in [0.1, 0.15) is 40.1 Å². The summed E-state index contributed by atoms with van der Waals surface area (Å²) in [5, 5.41) is 2.80. The first-order chi connectivity index (χ1) is 11.2. The van der Waals surface area contributed by atoms with E-state index in [1.807, 2.05) is 0 Å². The van der Waals surface area contributed by atoms with E-state index in [1.165, 1.54) is 19.4 Å². The molecular weight excluding hydrogens is 300 g/mol. The monoisotopic (exact) mass is 322 g/mol. The number of aromatic nitrogens is 1. The molecule has 126 valence electrons. The van der Waals surface area contributed by atoms with Crippen molar-refractivity contribution in [1.29, 1.82) is 0 Å². The van der Waals surface area contributed by atoms with Gasteiger partial charge in [0.05, 0.1) is 18.8 Å². The lowest BCUT2D eigenvalue weighted by Crippen LogP contribution is -2.27. The summed E-state index contributed by atoms with van der Waals surface area (Å²) in [5.74, 6) is -0.748. The average Bonchev–Trinajstić information content (AvgIpc) is 2.61. The van der Waals surface area contributed by atoms with Crippen LogP contribution < -0.4 is 5.32 Å². The van der Waals surface area contributed by atoms with Crippen molar-refractivity contribution in [3.63, 3.8) is 0 Å². The molecule has 1 saturated heterocycles. The largest absolute Gasteiger partial charge is 0.464 e. The number of carbonyl (C=O) groups is 2. The highest BCUT2D eigenvalue weighted by molar-refractivity contribution is 5.95. The molecule has 0 atom stereocenters. The molecule has 2 heterocycles. The second-order valence-corrected chi connectivity index (χ2v) is 5.22. The number of rotatable bonds is 7. The molecule has 1 fully saturated rings. The molecule has 7 nitrogen and oxygen atoms in total. The van der Waals surface area contributed by atoms with E-state index >= 15 is 0 Å². The molecule has 0 spiro atoms. The fraction of sp³-hybridized carbons (Fsp3) is 0.562. The number of hydrogen-bond donors (Lipinski definition) is 1. The highest BCUT2D eigenvalue weighted by Gasteiger charge is 2.14. The van der Waals surface area contributed by atoms with Crippen LogP contribution in [0.2, 0.25) is 0 Å². The number of esters is 1. The van der Waals surface area contributed by atoms with Crippen molar-refractivity contribution >= 4 is 11.9 Å². The Morgan fingerprint density at radius 3 is 2.78 bits per heavy atom. The molecule has 7 heteroatoms. The third-order valence-corrected chi connectivity index (χ3v) is 3.55. The van der Waals surface area contributed by atoms with Crippen LogP contribution in [-0.2, 0) is 14.2 Å². The van der Waals surface area contributed by atoms with Gasteiger partial charge in [0.1, 0.15) is 5.69 Å². The molecule has 0 unspecified atom stereocenters. The van der Waals surface area contributed by atoms with Gasteiger partial charge in [0.25, 0.3) is 5.91 Å². The number of nitrogens with one attached hydrogen (secondary N) is 1. The molecule has 0 bridgehead atoms. The minimum Gasteiger partial charge on any atom is -0.464 e. The number of carbonyl (C=O) groups excluding carboxylic acids is 2. The highest BCUT2D eigenvalue weighted by Crippen LogP contribution is 2.10. The van der Waals surface area contributed by atoms with Crippen LogP contribution in [0.5, 0.6) is 0 Å². The highest BCUT2D eigenvalue weighted by atomic mass is 16.5. The standard InChI is InChI=1S/C16H22N2O5/c1-21-16(20)14-4-3-12(11-18-14)15(19)17-7-2-8-23-13-5-9-22-10-6-13/h3-4,11,13H,2,5-10H2,1H3,(H,17,19). The molecule has 1 aliphatic rings. The molecule has 1 aromatic heterocycles. The smallest absolute Gasteiger partial charge is 0.356 e. The summed E-state index contributed by atoms with van der Waals surface area (Å²) in [6, 6.07) is 3.02. The van der Waals surface area contributed by atoms with Gasteiger partial charge in [0.2, 0.25) is 0 Å². The predicted molar refractivity (Wildman–Crippen MR) is 82.3 cm³/mol. The number of amides is 1. The van der Waals surface area contributed by atoms with Crippen molar-refractivity contribution in [2.24, 2.45) is 0 Å². The van der Waals surface area contributed by atoms with Gasteiger partial charge in [0.15, 0.2) is 0 Å². The van der Waals surface area contributed by atoms with Gasteiger partial charge in [0, 0.05) is 32.6 Å². The quantitative estimate of drug-likeness (QED) is 0.599. The Morgan fingerprint density at radius 2 is 2.13 bits per heavy atom.